The maximum Gasteiger partial charge on any atom is 0.123 e. The minimum Gasteiger partial charge on any atom is -0.398 e. The monoisotopic (exact) mass is 255 g/mol. The Morgan fingerprint density at radius 1 is 1.16 bits per heavy atom. The van der Waals surface area contributed by atoms with Gasteiger partial charge in [0.25, 0.3) is 0 Å². The average Bonchev–Trinajstić information content (AvgIpc) is 2.41. The van der Waals surface area contributed by atoms with Crippen LogP contribution in [-0.4, -0.2) is 6.54 Å². The van der Waals surface area contributed by atoms with Crippen LogP contribution in [0.5, 0.6) is 0 Å². The number of nitrogens with zero attached hydrogens (tertiary/aromatic N) is 1. The second-order valence-electron chi connectivity index (χ2n) is 4.22. The molecule has 2 aromatic rings. The summed E-state index contributed by atoms with van der Waals surface area (Å²) in [6, 6.07) is 13.7. The Morgan fingerprint density at radius 3 is 2.53 bits per heavy atom. The predicted molar refractivity (Wildman–Crippen MR) is 74.2 cm³/mol. The molecule has 0 aliphatic rings. The van der Waals surface area contributed by atoms with Gasteiger partial charge in [-0.15, -0.1) is 0 Å². The molecule has 0 saturated carbocycles. The van der Waals surface area contributed by atoms with Crippen LogP contribution in [0.15, 0.2) is 42.5 Å². The maximum atomic E-state index is 12.7. The van der Waals surface area contributed by atoms with Gasteiger partial charge in [0.05, 0.1) is 11.3 Å². The number of nitrogen functional groups attached to an aromatic ring is 1. The van der Waals surface area contributed by atoms with Crippen LogP contribution in [0.4, 0.5) is 15.8 Å². The molecule has 0 heterocycles. The van der Waals surface area contributed by atoms with Gasteiger partial charge < -0.3 is 11.1 Å². The highest BCUT2D eigenvalue weighted by molar-refractivity contribution is 5.62. The van der Waals surface area contributed by atoms with Gasteiger partial charge >= 0.3 is 0 Å². The van der Waals surface area contributed by atoms with Crippen LogP contribution in [0.2, 0.25) is 0 Å². The van der Waals surface area contributed by atoms with Crippen molar-refractivity contribution in [3.63, 3.8) is 0 Å². The lowest BCUT2D eigenvalue weighted by Crippen LogP contribution is -2.05. The second-order valence-corrected chi connectivity index (χ2v) is 4.22. The lowest BCUT2D eigenvalue weighted by molar-refractivity contribution is 0.627. The van der Waals surface area contributed by atoms with Gasteiger partial charge in [-0.05, 0) is 42.3 Å². The molecular weight excluding hydrogens is 241 g/mol. The summed E-state index contributed by atoms with van der Waals surface area (Å²) in [5.74, 6) is -0.225. The molecule has 96 valence electrons. The molecule has 3 N–H and O–H groups in total. The van der Waals surface area contributed by atoms with Crippen molar-refractivity contribution in [3.05, 3.63) is 59.4 Å². The minimum absolute atomic E-state index is 0.225. The zero-order valence-electron chi connectivity index (χ0n) is 10.4. The standard InChI is InChI=1S/C15H14FN3/c16-13-4-1-11(2-5-13)7-8-19-14-6-3-12(10-17)15(18)9-14/h1-6,9,19H,7-8,18H2. The molecule has 0 saturated heterocycles. The Kier molecular flexibility index (Phi) is 3.99. The molecule has 0 atom stereocenters. The molecule has 19 heavy (non-hydrogen) atoms. The molecule has 0 radical (unpaired) electrons. The number of hydrogen-bond acceptors (Lipinski definition) is 3. The molecule has 0 spiro atoms. The summed E-state index contributed by atoms with van der Waals surface area (Å²) in [4.78, 5) is 0. The van der Waals surface area contributed by atoms with E-state index in [0.717, 1.165) is 24.2 Å². The van der Waals surface area contributed by atoms with E-state index in [9.17, 15) is 4.39 Å². The van der Waals surface area contributed by atoms with Gasteiger partial charge in [0.15, 0.2) is 0 Å². The van der Waals surface area contributed by atoms with Crippen molar-refractivity contribution in [1.29, 1.82) is 5.26 Å². The molecule has 2 aromatic carbocycles. The quantitative estimate of drug-likeness (QED) is 0.826. The first-order valence-corrected chi connectivity index (χ1v) is 5.97. The third-order valence-electron chi connectivity index (χ3n) is 2.83. The Labute approximate surface area is 111 Å². The number of nitrogens with two attached hydrogens (primary N) is 1. The van der Waals surface area contributed by atoms with E-state index in [4.69, 9.17) is 11.0 Å². The number of anilines is 2. The first kappa shape index (κ1) is 12.9. The van der Waals surface area contributed by atoms with Gasteiger partial charge in [0.2, 0.25) is 0 Å². The SMILES string of the molecule is N#Cc1ccc(NCCc2ccc(F)cc2)cc1N. The number of hydrogen-bond donors (Lipinski definition) is 2. The van der Waals surface area contributed by atoms with Crippen molar-refractivity contribution in [3.8, 4) is 6.07 Å². The first-order chi connectivity index (χ1) is 9.19. The zero-order valence-corrected chi connectivity index (χ0v) is 10.4. The fraction of sp³-hybridized carbons (Fsp3) is 0.133. The van der Waals surface area contributed by atoms with Gasteiger partial charge in [-0.25, -0.2) is 4.39 Å². The first-order valence-electron chi connectivity index (χ1n) is 5.97. The highest BCUT2D eigenvalue weighted by Crippen LogP contribution is 2.17. The van der Waals surface area contributed by atoms with Crippen molar-refractivity contribution < 1.29 is 4.39 Å². The summed E-state index contributed by atoms with van der Waals surface area (Å²) in [6.07, 6.45) is 0.792. The minimum atomic E-state index is -0.225. The van der Waals surface area contributed by atoms with Gasteiger partial charge in [0.1, 0.15) is 11.9 Å². The topological polar surface area (TPSA) is 61.8 Å². The summed E-state index contributed by atoms with van der Waals surface area (Å²) in [5.41, 5.74) is 8.61. The number of rotatable bonds is 4. The molecule has 0 aliphatic carbocycles. The van der Waals surface area contributed by atoms with E-state index < -0.39 is 0 Å². The van der Waals surface area contributed by atoms with Crippen LogP contribution < -0.4 is 11.1 Å². The Hall–Kier alpha value is -2.54. The highest BCUT2D eigenvalue weighted by atomic mass is 19.1. The predicted octanol–water partition coefficient (Wildman–Crippen LogP) is 2.93. The molecule has 0 fully saturated rings. The molecule has 0 amide bonds. The molecule has 0 aromatic heterocycles. The fourth-order valence-corrected chi connectivity index (χ4v) is 1.78. The lowest BCUT2D eigenvalue weighted by atomic mass is 10.1. The van der Waals surface area contributed by atoms with Crippen LogP contribution in [0, 0.1) is 17.1 Å². The van der Waals surface area contributed by atoms with Gasteiger partial charge in [-0.2, -0.15) is 5.26 Å². The smallest absolute Gasteiger partial charge is 0.123 e. The lowest BCUT2D eigenvalue weighted by Gasteiger charge is -2.08. The van der Waals surface area contributed by atoms with Gasteiger partial charge in [0, 0.05) is 12.2 Å². The largest absolute Gasteiger partial charge is 0.398 e. The van der Waals surface area contributed by atoms with Gasteiger partial charge in [-0.1, -0.05) is 12.1 Å². The van der Waals surface area contributed by atoms with E-state index in [1.807, 2.05) is 12.1 Å². The van der Waals surface area contributed by atoms with Crippen LogP contribution >= 0.6 is 0 Å². The fourth-order valence-electron chi connectivity index (χ4n) is 1.78. The third kappa shape index (κ3) is 3.46. The van der Waals surface area contributed by atoms with Crippen molar-refractivity contribution in [2.45, 2.75) is 6.42 Å². The Balaban J connectivity index is 1.91. The molecule has 0 unspecified atom stereocenters. The molecular formula is C15H14FN3. The van der Waals surface area contributed by atoms with Crippen LogP contribution in [-0.2, 0) is 6.42 Å². The Morgan fingerprint density at radius 2 is 1.89 bits per heavy atom. The number of halogens is 1. The molecule has 4 heteroatoms. The van der Waals surface area contributed by atoms with Gasteiger partial charge in [-0.3, -0.25) is 0 Å². The number of nitriles is 1. The van der Waals surface area contributed by atoms with E-state index in [-0.39, 0.29) is 5.82 Å². The summed E-state index contributed by atoms with van der Waals surface area (Å²) >= 11 is 0. The molecule has 0 bridgehead atoms. The maximum absolute atomic E-state index is 12.7. The summed E-state index contributed by atoms with van der Waals surface area (Å²) < 4.78 is 12.7. The van der Waals surface area contributed by atoms with Crippen molar-refractivity contribution in [2.75, 3.05) is 17.6 Å². The van der Waals surface area contributed by atoms with Crippen LogP contribution in [0.1, 0.15) is 11.1 Å². The summed E-state index contributed by atoms with van der Waals surface area (Å²) in [7, 11) is 0. The van der Waals surface area contributed by atoms with E-state index in [2.05, 4.69) is 5.32 Å². The van der Waals surface area contributed by atoms with E-state index >= 15 is 0 Å². The summed E-state index contributed by atoms with van der Waals surface area (Å²) in [6.45, 7) is 0.719. The van der Waals surface area contributed by atoms with E-state index in [1.165, 1.54) is 12.1 Å². The van der Waals surface area contributed by atoms with Crippen LogP contribution in [0.25, 0.3) is 0 Å². The van der Waals surface area contributed by atoms with Crippen molar-refractivity contribution in [1.82, 2.24) is 0 Å². The highest BCUT2D eigenvalue weighted by Gasteiger charge is 2.00. The third-order valence-corrected chi connectivity index (χ3v) is 2.83. The molecule has 3 nitrogen and oxygen atoms in total. The van der Waals surface area contributed by atoms with E-state index in [1.54, 1.807) is 24.3 Å². The number of nitrogens with one attached hydrogen (secondary N) is 1. The average molecular weight is 255 g/mol. The Bertz CT molecular complexity index is 600. The van der Waals surface area contributed by atoms with E-state index in [0.29, 0.717) is 11.3 Å². The second kappa shape index (κ2) is 5.87. The van der Waals surface area contributed by atoms with Crippen molar-refractivity contribution in [2.24, 2.45) is 0 Å². The summed E-state index contributed by atoms with van der Waals surface area (Å²) in [5, 5.41) is 12.0. The zero-order chi connectivity index (χ0) is 13.7. The van der Waals surface area contributed by atoms with Crippen LogP contribution in [0.3, 0.4) is 0 Å². The molecule has 2 rings (SSSR count). The number of benzene rings is 2. The van der Waals surface area contributed by atoms with Crippen molar-refractivity contribution >= 4 is 11.4 Å². The normalized spacial score (nSPS) is 9.89. The molecule has 0 aliphatic heterocycles.